The maximum absolute atomic E-state index is 6.44. The van der Waals surface area contributed by atoms with Crippen molar-refractivity contribution in [3.8, 4) is 5.69 Å². The molecule has 0 spiro atoms. The van der Waals surface area contributed by atoms with Crippen LogP contribution in [0, 0.1) is 13.8 Å². The molecule has 120 valence electrons. The summed E-state index contributed by atoms with van der Waals surface area (Å²) in [5, 5.41) is 1.39. The molecule has 1 aromatic heterocycles. The normalized spacial score (nSPS) is 13.1. The topological polar surface area (TPSA) is 17.3 Å². The Labute approximate surface area is 151 Å². The highest BCUT2D eigenvalue weighted by atomic mass is 35.5. The SMILES string of the molecule is Cc1cc(C)n2c1CN=C(c1ccccc1Cl)c1cc(Cl)ccc1-2. The first kappa shape index (κ1) is 15.5. The Morgan fingerprint density at radius 1 is 0.958 bits per heavy atom. The zero-order valence-corrected chi connectivity index (χ0v) is 15.0. The molecule has 0 N–H and O–H groups in total. The fourth-order valence-corrected chi connectivity index (χ4v) is 3.79. The average molecular weight is 355 g/mol. The van der Waals surface area contributed by atoms with Crippen molar-refractivity contribution in [1.82, 2.24) is 4.57 Å². The lowest BCUT2D eigenvalue weighted by atomic mass is 10.0. The van der Waals surface area contributed by atoms with Gasteiger partial charge in [-0.3, -0.25) is 4.99 Å². The second kappa shape index (κ2) is 5.80. The van der Waals surface area contributed by atoms with Gasteiger partial charge in [0.1, 0.15) is 0 Å². The molecular formula is C20H16Cl2N2. The number of aromatic nitrogens is 1. The molecule has 0 amide bonds. The summed E-state index contributed by atoms with van der Waals surface area (Å²) in [5.74, 6) is 0. The number of aryl methyl sites for hydroxylation is 2. The summed E-state index contributed by atoms with van der Waals surface area (Å²) < 4.78 is 2.27. The van der Waals surface area contributed by atoms with Crippen molar-refractivity contribution in [3.05, 3.63) is 86.7 Å². The first-order valence-electron chi connectivity index (χ1n) is 7.83. The third-order valence-electron chi connectivity index (χ3n) is 4.47. The van der Waals surface area contributed by atoms with Gasteiger partial charge in [0.2, 0.25) is 0 Å². The highest BCUT2D eigenvalue weighted by Crippen LogP contribution is 2.32. The summed E-state index contributed by atoms with van der Waals surface area (Å²) in [6.07, 6.45) is 0. The number of aliphatic imine (C=N–C) groups is 1. The number of halogens is 2. The van der Waals surface area contributed by atoms with Crippen LogP contribution in [0.25, 0.3) is 5.69 Å². The Morgan fingerprint density at radius 2 is 1.75 bits per heavy atom. The number of rotatable bonds is 1. The second-order valence-corrected chi connectivity index (χ2v) is 6.90. The fourth-order valence-electron chi connectivity index (χ4n) is 3.40. The van der Waals surface area contributed by atoms with E-state index in [4.69, 9.17) is 28.2 Å². The van der Waals surface area contributed by atoms with Crippen molar-refractivity contribution in [2.24, 2.45) is 4.99 Å². The van der Waals surface area contributed by atoms with Gasteiger partial charge in [0.25, 0.3) is 0 Å². The van der Waals surface area contributed by atoms with E-state index in [-0.39, 0.29) is 0 Å². The summed E-state index contributed by atoms with van der Waals surface area (Å²) >= 11 is 12.7. The largest absolute Gasteiger partial charge is 0.315 e. The minimum absolute atomic E-state index is 0.618. The third kappa shape index (κ3) is 2.38. The molecule has 0 radical (unpaired) electrons. The van der Waals surface area contributed by atoms with E-state index in [0.717, 1.165) is 22.5 Å². The standard InChI is InChI=1S/C20H16Cl2N2/c1-12-9-13(2)24-18-8-7-14(21)10-16(18)20(23-11-19(12)24)15-5-3-4-6-17(15)22/h3-10H,11H2,1-2H3. The van der Waals surface area contributed by atoms with Gasteiger partial charge in [-0.05, 0) is 49.7 Å². The zero-order valence-electron chi connectivity index (χ0n) is 13.5. The van der Waals surface area contributed by atoms with Crippen LogP contribution in [0.15, 0.2) is 53.5 Å². The molecule has 4 rings (SSSR count). The number of nitrogens with zero attached hydrogens (tertiary/aromatic N) is 2. The van der Waals surface area contributed by atoms with E-state index in [1.54, 1.807) is 0 Å². The van der Waals surface area contributed by atoms with Crippen LogP contribution in [-0.4, -0.2) is 10.3 Å². The van der Waals surface area contributed by atoms with Gasteiger partial charge in [0.05, 0.1) is 17.9 Å². The van der Waals surface area contributed by atoms with Crippen molar-refractivity contribution in [2.75, 3.05) is 0 Å². The van der Waals surface area contributed by atoms with Gasteiger partial charge >= 0.3 is 0 Å². The number of benzene rings is 2. The molecule has 1 aliphatic heterocycles. The first-order valence-corrected chi connectivity index (χ1v) is 8.59. The molecular weight excluding hydrogens is 339 g/mol. The lowest BCUT2D eigenvalue weighted by molar-refractivity contribution is 0.891. The lowest BCUT2D eigenvalue weighted by Crippen LogP contribution is -2.08. The predicted molar refractivity (Wildman–Crippen MR) is 101 cm³/mol. The summed E-state index contributed by atoms with van der Waals surface area (Å²) in [6.45, 7) is 4.87. The van der Waals surface area contributed by atoms with Gasteiger partial charge in [0, 0.05) is 32.6 Å². The van der Waals surface area contributed by atoms with E-state index in [0.29, 0.717) is 16.6 Å². The first-order chi connectivity index (χ1) is 11.6. The van der Waals surface area contributed by atoms with Crippen LogP contribution >= 0.6 is 23.2 Å². The van der Waals surface area contributed by atoms with E-state index in [1.807, 2.05) is 36.4 Å². The van der Waals surface area contributed by atoms with E-state index >= 15 is 0 Å². The van der Waals surface area contributed by atoms with Crippen molar-refractivity contribution in [1.29, 1.82) is 0 Å². The summed E-state index contributed by atoms with van der Waals surface area (Å²) in [7, 11) is 0. The zero-order chi connectivity index (χ0) is 16.8. The van der Waals surface area contributed by atoms with Crippen LogP contribution in [-0.2, 0) is 6.54 Å². The summed E-state index contributed by atoms with van der Waals surface area (Å²) in [4.78, 5) is 4.90. The highest BCUT2D eigenvalue weighted by Gasteiger charge is 2.22. The molecule has 0 saturated carbocycles. The van der Waals surface area contributed by atoms with Crippen molar-refractivity contribution < 1.29 is 0 Å². The molecule has 0 bridgehead atoms. The van der Waals surface area contributed by atoms with Gasteiger partial charge in [-0.1, -0.05) is 41.4 Å². The molecule has 0 aliphatic carbocycles. The van der Waals surface area contributed by atoms with Crippen LogP contribution in [0.4, 0.5) is 0 Å². The maximum Gasteiger partial charge on any atom is 0.0805 e. The van der Waals surface area contributed by atoms with Gasteiger partial charge in [0.15, 0.2) is 0 Å². The smallest absolute Gasteiger partial charge is 0.0805 e. The highest BCUT2D eigenvalue weighted by molar-refractivity contribution is 6.36. The molecule has 0 fully saturated rings. The van der Waals surface area contributed by atoms with Crippen LogP contribution in [0.3, 0.4) is 0 Å². The van der Waals surface area contributed by atoms with Gasteiger partial charge in [-0.2, -0.15) is 0 Å². The molecule has 2 aromatic carbocycles. The van der Waals surface area contributed by atoms with Gasteiger partial charge in [-0.25, -0.2) is 0 Å². The molecule has 2 nitrogen and oxygen atoms in total. The predicted octanol–water partition coefficient (Wildman–Crippen LogP) is 5.75. The molecule has 0 atom stereocenters. The van der Waals surface area contributed by atoms with Crippen LogP contribution < -0.4 is 0 Å². The fraction of sp³-hybridized carbons (Fsp3) is 0.150. The second-order valence-electron chi connectivity index (χ2n) is 6.06. The van der Waals surface area contributed by atoms with Crippen molar-refractivity contribution in [3.63, 3.8) is 0 Å². The number of fused-ring (bicyclic) bond motifs is 3. The van der Waals surface area contributed by atoms with Gasteiger partial charge < -0.3 is 4.57 Å². The quantitative estimate of drug-likeness (QED) is 0.529. The summed E-state index contributed by atoms with van der Waals surface area (Å²) in [6, 6.07) is 16.0. The Kier molecular flexibility index (Phi) is 3.75. The monoisotopic (exact) mass is 354 g/mol. The van der Waals surface area contributed by atoms with Crippen molar-refractivity contribution >= 4 is 28.9 Å². The average Bonchev–Trinajstić information content (AvgIpc) is 2.74. The van der Waals surface area contributed by atoms with E-state index in [2.05, 4.69) is 30.5 Å². The molecule has 2 heterocycles. The van der Waals surface area contributed by atoms with E-state index in [9.17, 15) is 0 Å². The Balaban J connectivity index is 2.05. The molecule has 4 heteroatoms. The number of hydrogen-bond acceptors (Lipinski definition) is 1. The number of hydrogen-bond donors (Lipinski definition) is 0. The molecule has 0 unspecified atom stereocenters. The maximum atomic E-state index is 6.44. The van der Waals surface area contributed by atoms with Crippen LogP contribution in [0.2, 0.25) is 10.0 Å². The summed E-state index contributed by atoms with van der Waals surface area (Å²) in [5.41, 5.74) is 7.57. The van der Waals surface area contributed by atoms with E-state index < -0.39 is 0 Å². The Morgan fingerprint density at radius 3 is 2.54 bits per heavy atom. The minimum Gasteiger partial charge on any atom is -0.315 e. The van der Waals surface area contributed by atoms with E-state index in [1.165, 1.54) is 17.0 Å². The van der Waals surface area contributed by atoms with Crippen LogP contribution in [0.1, 0.15) is 28.1 Å². The Bertz CT molecular complexity index is 983. The molecule has 3 aromatic rings. The molecule has 24 heavy (non-hydrogen) atoms. The van der Waals surface area contributed by atoms with Gasteiger partial charge in [-0.15, -0.1) is 0 Å². The Hall–Kier alpha value is -2.03. The third-order valence-corrected chi connectivity index (χ3v) is 5.04. The van der Waals surface area contributed by atoms with Crippen molar-refractivity contribution in [2.45, 2.75) is 20.4 Å². The lowest BCUT2D eigenvalue weighted by Gasteiger charge is -2.15. The minimum atomic E-state index is 0.618. The van der Waals surface area contributed by atoms with Crippen LogP contribution in [0.5, 0.6) is 0 Å². The molecule has 0 saturated heterocycles. The molecule has 1 aliphatic rings.